The van der Waals surface area contributed by atoms with Crippen LogP contribution >= 0.6 is 0 Å². The Morgan fingerprint density at radius 3 is 2.88 bits per heavy atom. The molecule has 3 atom stereocenters. The second-order valence-corrected chi connectivity index (χ2v) is 6.18. The molecule has 0 radical (unpaired) electrons. The summed E-state index contributed by atoms with van der Waals surface area (Å²) >= 11 is 0. The van der Waals surface area contributed by atoms with Crippen molar-refractivity contribution in [2.75, 3.05) is 0 Å². The van der Waals surface area contributed by atoms with E-state index < -0.39 is 24.3 Å². The number of aliphatic imine (C=N–C) groups is 1. The minimum absolute atomic E-state index is 0.00223. The van der Waals surface area contributed by atoms with Crippen molar-refractivity contribution in [3.8, 4) is 0 Å². The number of fused-ring (bicyclic) bond motifs is 1. The van der Waals surface area contributed by atoms with Gasteiger partial charge in [-0.2, -0.15) is 0 Å². The predicted molar refractivity (Wildman–Crippen MR) is 91.0 cm³/mol. The fraction of sp³-hybridized carbons (Fsp3) is 0.294. The molecule has 1 unspecified atom stereocenters. The molecule has 0 spiro atoms. The number of oxazole rings is 1. The van der Waals surface area contributed by atoms with Crippen LogP contribution in [0.3, 0.4) is 0 Å². The van der Waals surface area contributed by atoms with E-state index in [0.29, 0.717) is 22.7 Å². The van der Waals surface area contributed by atoms with Crippen LogP contribution in [0, 0.1) is 0 Å². The number of halogens is 1. The molecular formula is C17H17FN6O2. The number of nitrogens with zero attached hydrogens (tertiary/aromatic N) is 4. The van der Waals surface area contributed by atoms with Crippen molar-refractivity contribution in [2.45, 2.75) is 31.7 Å². The largest absolute Gasteiger partial charge is 0.443 e. The normalized spacial score (nSPS) is 25.3. The van der Waals surface area contributed by atoms with E-state index in [1.54, 1.807) is 30.2 Å². The zero-order valence-corrected chi connectivity index (χ0v) is 14.0. The van der Waals surface area contributed by atoms with Crippen molar-refractivity contribution < 1.29 is 13.6 Å². The number of carbonyl (C=O) groups is 1. The van der Waals surface area contributed by atoms with Crippen molar-refractivity contribution in [3.63, 3.8) is 0 Å². The average molecular weight is 356 g/mol. The first-order chi connectivity index (χ1) is 12.5. The molecule has 0 aromatic carbocycles. The summed E-state index contributed by atoms with van der Waals surface area (Å²) in [6.45, 7) is 1.70. The number of nitrogens with two attached hydrogens (primary N) is 2. The highest BCUT2D eigenvalue weighted by molar-refractivity contribution is 6.40. The van der Waals surface area contributed by atoms with E-state index in [4.69, 9.17) is 15.9 Å². The van der Waals surface area contributed by atoms with Gasteiger partial charge in [0.1, 0.15) is 30.0 Å². The minimum Gasteiger partial charge on any atom is -0.443 e. The molecule has 1 aliphatic carbocycles. The maximum atomic E-state index is 14.6. The van der Waals surface area contributed by atoms with E-state index in [0.717, 1.165) is 0 Å². The van der Waals surface area contributed by atoms with Gasteiger partial charge >= 0.3 is 0 Å². The second kappa shape index (κ2) is 6.03. The standard InChI is InChI=1S/C17H17FN6O2/c1-8-14(17-22-5-6-26-17)24(15(19)13(23-8)16(20)25)11-7-10(18)9-3-2-4-21-12(9)11/h2-6,10-11,15H,7,19H2,1H3,(H2,20,25)/t10-,11-,15?/m1/s1. The van der Waals surface area contributed by atoms with Gasteiger partial charge in [0.2, 0.25) is 5.89 Å². The summed E-state index contributed by atoms with van der Waals surface area (Å²) in [5, 5.41) is 0. The zero-order valence-electron chi connectivity index (χ0n) is 14.0. The number of rotatable bonds is 3. The van der Waals surface area contributed by atoms with E-state index in [1.165, 1.54) is 12.5 Å². The van der Waals surface area contributed by atoms with E-state index >= 15 is 0 Å². The molecule has 0 saturated carbocycles. The van der Waals surface area contributed by atoms with Gasteiger partial charge in [-0.15, -0.1) is 0 Å². The van der Waals surface area contributed by atoms with E-state index in [1.807, 2.05) is 0 Å². The van der Waals surface area contributed by atoms with Crippen molar-refractivity contribution in [1.82, 2.24) is 14.9 Å². The summed E-state index contributed by atoms with van der Waals surface area (Å²) < 4.78 is 20.0. The molecule has 134 valence electrons. The lowest BCUT2D eigenvalue weighted by Crippen LogP contribution is -2.54. The molecule has 0 fully saturated rings. The first-order valence-corrected chi connectivity index (χ1v) is 8.11. The topological polar surface area (TPSA) is 124 Å². The molecule has 0 saturated heterocycles. The molecule has 4 N–H and O–H groups in total. The molecule has 1 aliphatic heterocycles. The number of allylic oxidation sites excluding steroid dienone is 1. The third-order valence-electron chi connectivity index (χ3n) is 4.65. The summed E-state index contributed by atoms with van der Waals surface area (Å²) in [4.78, 5) is 26.2. The summed E-state index contributed by atoms with van der Waals surface area (Å²) in [5.74, 6) is -0.450. The quantitative estimate of drug-likeness (QED) is 0.857. The Kier molecular flexibility index (Phi) is 3.80. The molecule has 0 bridgehead atoms. The van der Waals surface area contributed by atoms with Crippen LogP contribution in [0.25, 0.3) is 5.70 Å². The van der Waals surface area contributed by atoms with Crippen LogP contribution in [0.1, 0.15) is 42.7 Å². The van der Waals surface area contributed by atoms with Gasteiger partial charge in [-0.1, -0.05) is 6.07 Å². The molecule has 2 aromatic rings. The van der Waals surface area contributed by atoms with Crippen molar-refractivity contribution in [1.29, 1.82) is 0 Å². The van der Waals surface area contributed by atoms with Crippen LogP contribution in [-0.4, -0.2) is 32.7 Å². The number of amides is 1. The van der Waals surface area contributed by atoms with Crippen LogP contribution < -0.4 is 11.5 Å². The lowest BCUT2D eigenvalue weighted by atomic mass is 10.1. The first-order valence-electron chi connectivity index (χ1n) is 8.11. The predicted octanol–water partition coefficient (Wildman–Crippen LogP) is 1.44. The molecule has 3 heterocycles. The minimum atomic E-state index is -1.18. The molecule has 4 rings (SSSR count). The Hall–Kier alpha value is -3.07. The van der Waals surface area contributed by atoms with Gasteiger partial charge < -0.3 is 20.8 Å². The molecular weight excluding hydrogens is 339 g/mol. The monoisotopic (exact) mass is 356 g/mol. The van der Waals surface area contributed by atoms with Crippen LogP contribution in [0.4, 0.5) is 4.39 Å². The SMILES string of the molecule is CC1=C(c2ncco2)N([C@@H]2C[C@@H](F)c3cccnc32)C(N)C(C(N)=O)=N1. The number of primary amides is 1. The Labute approximate surface area is 148 Å². The summed E-state index contributed by atoms with van der Waals surface area (Å²) in [6.07, 6.45) is 2.51. The highest BCUT2D eigenvalue weighted by Crippen LogP contribution is 2.47. The van der Waals surface area contributed by atoms with Gasteiger partial charge in [-0.25, -0.2) is 14.4 Å². The van der Waals surface area contributed by atoms with E-state index in [-0.39, 0.29) is 18.0 Å². The smallest absolute Gasteiger partial charge is 0.266 e. The van der Waals surface area contributed by atoms with Crippen LogP contribution in [0.2, 0.25) is 0 Å². The highest BCUT2D eigenvalue weighted by atomic mass is 19.1. The van der Waals surface area contributed by atoms with Gasteiger partial charge in [0.15, 0.2) is 0 Å². The van der Waals surface area contributed by atoms with Crippen LogP contribution in [0.15, 0.2) is 45.9 Å². The summed E-state index contributed by atoms with van der Waals surface area (Å²) in [7, 11) is 0. The first kappa shape index (κ1) is 16.4. The fourth-order valence-corrected chi connectivity index (χ4v) is 3.57. The lowest BCUT2D eigenvalue weighted by Gasteiger charge is -2.39. The molecule has 8 nitrogen and oxygen atoms in total. The molecule has 1 amide bonds. The second-order valence-electron chi connectivity index (χ2n) is 6.18. The van der Waals surface area contributed by atoms with Crippen molar-refractivity contribution >= 4 is 17.3 Å². The number of alkyl halides is 1. The Bertz CT molecular complexity index is 923. The van der Waals surface area contributed by atoms with Crippen molar-refractivity contribution in [3.05, 3.63) is 53.6 Å². The molecule has 26 heavy (non-hydrogen) atoms. The number of aromatic nitrogens is 2. The van der Waals surface area contributed by atoms with Gasteiger partial charge in [0.05, 0.1) is 23.6 Å². The lowest BCUT2D eigenvalue weighted by molar-refractivity contribution is -0.112. The third-order valence-corrected chi connectivity index (χ3v) is 4.65. The summed E-state index contributed by atoms with van der Waals surface area (Å²) in [5.41, 5.74) is 13.8. The molecule has 2 aromatic heterocycles. The molecule has 2 aliphatic rings. The highest BCUT2D eigenvalue weighted by Gasteiger charge is 2.44. The van der Waals surface area contributed by atoms with E-state index in [9.17, 15) is 9.18 Å². The van der Waals surface area contributed by atoms with Crippen molar-refractivity contribution in [2.24, 2.45) is 16.5 Å². The van der Waals surface area contributed by atoms with E-state index in [2.05, 4.69) is 15.0 Å². The number of carbonyl (C=O) groups excluding carboxylic acids is 1. The maximum Gasteiger partial charge on any atom is 0.266 e. The number of hydrogen-bond donors (Lipinski definition) is 2. The van der Waals surface area contributed by atoms with Gasteiger partial charge in [-0.3, -0.25) is 9.78 Å². The Morgan fingerprint density at radius 1 is 1.38 bits per heavy atom. The summed E-state index contributed by atoms with van der Waals surface area (Å²) in [6, 6.07) is 2.89. The maximum absolute atomic E-state index is 14.6. The molecule has 9 heteroatoms. The van der Waals surface area contributed by atoms with Gasteiger partial charge in [0, 0.05) is 18.2 Å². The van der Waals surface area contributed by atoms with Gasteiger partial charge in [-0.05, 0) is 13.0 Å². The zero-order chi connectivity index (χ0) is 18.4. The number of hydrogen-bond acceptors (Lipinski definition) is 7. The average Bonchev–Trinajstić information content (AvgIpc) is 3.25. The number of pyridine rings is 1. The van der Waals surface area contributed by atoms with Crippen LogP contribution in [0.5, 0.6) is 0 Å². The Balaban J connectivity index is 1.88. The van der Waals surface area contributed by atoms with Gasteiger partial charge in [0.25, 0.3) is 5.91 Å². The fourth-order valence-electron chi connectivity index (χ4n) is 3.57. The Morgan fingerprint density at radius 2 is 2.19 bits per heavy atom. The third kappa shape index (κ3) is 2.39. The van der Waals surface area contributed by atoms with Crippen LogP contribution in [-0.2, 0) is 4.79 Å².